The standard InChI is InChI=1S/C24H25N5O2/c1-30-21-8-2-18(3-9-21)16-26-23-10-11-25-24-22(17-27-29(23)24)19-4-6-20(7-5-19)28-12-14-31-15-13-28/h2-11,17,26H,12-16H2,1H3. The van der Waals surface area contributed by atoms with Gasteiger partial charge in [-0.25, -0.2) is 4.98 Å². The fraction of sp³-hybridized carbons (Fsp3) is 0.250. The third-order valence-corrected chi connectivity index (χ3v) is 5.59. The van der Waals surface area contributed by atoms with Gasteiger partial charge in [0.1, 0.15) is 11.6 Å². The number of hydrogen-bond acceptors (Lipinski definition) is 6. The molecule has 3 heterocycles. The summed E-state index contributed by atoms with van der Waals surface area (Å²) in [6.07, 6.45) is 3.70. The maximum atomic E-state index is 5.45. The third kappa shape index (κ3) is 4.04. The first kappa shape index (κ1) is 19.4. The Morgan fingerprint density at radius 1 is 1.00 bits per heavy atom. The minimum Gasteiger partial charge on any atom is -0.497 e. The molecule has 1 fully saturated rings. The molecule has 2 aromatic carbocycles. The molecule has 2 aromatic heterocycles. The van der Waals surface area contributed by atoms with Crippen molar-refractivity contribution in [1.82, 2.24) is 14.6 Å². The predicted octanol–water partition coefficient (Wildman–Crippen LogP) is 3.85. The number of anilines is 2. The molecule has 0 saturated carbocycles. The van der Waals surface area contributed by atoms with Crippen molar-refractivity contribution in [3.8, 4) is 16.9 Å². The van der Waals surface area contributed by atoms with Gasteiger partial charge in [-0.2, -0.15) is 9.61 Å². The van der Waals surface area contributed by atoms with Crippen molar-refractivity contribution in [2.24, 2.45) is 0 Å². The summed E-state index contributed by atoms with van der Waals surface area (Å²) in [6, 6.07) is 18.6. The number of benzene rings is 2. The van der Waals surface area contributed by atoms with Gasteiger partial charge in [0.15, 0.2) is 5.65 Å². The Hall–Kier alpha value is -3.58. The van der Waals surface area contributed by atoms with E-state index in [1.165, 1.54) is 5.69 Å². The quantitative estimate of drug-likeness (QED) is 0.516. The van der Waals surface area contributed by atoms with Crippen LogP contribution in [0.2, 0.25) is 0 Å². The Labute approximate surface area is 181 Å². The van der Waals surface area contributed by atoms with Crippen LogP contribution in [0.4, 0.5) is 11.5 Å². The second kappa shape index (κ2) is 8.65. The molecule has 0 bridgehead atoms. The van der Waals surface area contributed by atoms with Gasteiger partial charge in [0.2, 0.25) is 0 Å². The molecular weight excluding hydrogens is 390 g/mol. The largest absolute Gasteiger partial charge is 0.497 e. The second-order valence-electron chi connectivity index (χ2n) is 7.47. The number of aromatic nitrogens is 3. The number of nitrogens with zero attached hydrogens (tertiary/aromatic N) is 4. The van der Waals surface area contributed by atoms with Gasteiger partial charge in [0.05, 0.1) is 26.5 Å². The van der Waals surface area contributed by atoms with Crippen molar-refractivity contribution in [2.75, 3.05) is 43.6 Å². The summed E-state index contributed by atoms with van der Waals surface area (Å²) in [4.78, 5) is 6.94. The molecule has 1 aliphatic heterocycles. The Bertz CT molecular complexity index is 1150. The first-order chi connectivity index (χ1) is 15.3. The van der Waals surface area contributed by atoms with Gasteiger partial charge in [-0.05, 0) is 41.5 Å². The van der Waals surface area contributed by atoms with Crippen LogP contribution >= 0.6 is 0 Å². The number of methoxy groups -OCH3 is 1. The highest BCUT2D eigenvalue weighted by molar-refractivity contribution is 5.78. The lowest BCUT2D eigenvalue weighted by Gasteiger charge is -2.28. The van der Waals surface area contributed by atoms with E-state index in [-0.39, 0.29) is 0 Å². The molecule has 1 saturated heterocycles. The Morgan fingerprint density at radius 2 is 1.77 bits per heavy atom. The first-order valence-corrected chi connectivity index (χ1v) is 10.4. The first-order valence-electron chi connectivity index (χ1n) is 10.4. The lowest BCUT2D eigenvalue weighted by atomic mass is 10.1. The number of ether oxygens (including phenoxy) is 2. The minimum absolute atomic E-state index is 0.687. The zero-order chi connectivity index (χ0) is 21.0. The highest BCUT2D eigenvalue weighted by Crippen LogP contribution is 2.27. The fourth-order valence-corrected chi connectivity index (χ4v) is 3.84. The molecule has 1 aliphatic rings. The van der Waals surface area contributed by atoms with Crippen molar-refractivity contribution in [3.05, 3.63) is 72.6 Å². The normalized spacial score (nSPS) is 14.0. The SMILES string of the molecule is COc1ccc(CNc2ccnc3c(-c4ccc(N5CCOCC5)cc4)cnn23)cc1. The molecule has 0 radical (unpaired) electrons. The van der Waals surface area contributed by atoms with Crippen LogP contribution < -0.4 is 15.0 Å². The van der Waals surface area contributed by atoms with Gasteiger partial charge in [-0.15, -0.1) is 0 Å². The van der Waals surface area contributed by atoms with Crippen molar-refractivity contribution in [1.29, 1.82) is 0 Å². The summed E-state index contributed by atoms with van der Waals surface area (Å²) in [7, 11) is 1.67. The van der Waals surface area contributed by atoms with Crippen LogP contribution in [-0.4, -0.2) is 48.0 Å². The molecule has 31 heavy (non-hydrogen) atoms. The Kier molecular flexibility index (Phi) is 5.41. The number of hydrogen-bond donors (Lipinski definition) is 1. The van der Waals surface area contributed by atoms with E-state index in [2.05, 4.69) is 56.7 Å². The van der Waals surface area contributed by atoms with E-state index in [1.54, 1.807) is 7.11 Å². The lowest BCUT2D eigenvalue weighted by Crippen LogP contribution is -2.36. The van der Waals surface area contributed by atoms with Gasteiger partial charge in [0, 0.05) is 37.1 Å². The van der Waals surface area contributed by atoms with Crippen LogP contribution in [0.1, 0.15) is 5.56 Å². The molecule has 5 rings (SSSR count). The topological polar surface area (TPSA) is 63.9 Å². The Morgan fingerprint density at radius 3 is 2.52 bits per heavy atom. The molecule has 7 nitrogen and oxygen atoms in total. The van der Waals surface area contributed by atoms with Crippen LogP contribution in [-0.2, 0) is 11.3 Å². The van der Waals surface area contributed by atoms with Gasteiger partial charge in [0.25, 0.3) is 0 Å². The van der Waals surface area contributed by atoms with Crippen molar-refractivity contribution in [3.63, 3.8) is 0 Å². The van der Waals surface area contributed by atoms with E-state index in [9.17, 15) is 0 Å². The average molecular weight is 415 g/mol. The molecule has 0 atom stereocenters. The average Bonchev–Trinajstić information content (AvgIpc) is 3.28. The van der Waals surface area contributed by atoms with Gasteiger partial charge >= 0.3 is 0 Å². The highest BCUT2D eigenvalue weighted by Gasteiger charge is 2.13. The van der Waals surface area contributed by atoms with Crippen LogP contribution in [0.3, 0.4) is 0 Å². The monoisotopic (exact) mass is 415 g/mol. The molecule has 158 valence electrons. The molecule has 0 unspecified atom stereocenters. The maximum Gasteiger partial charge on any atom is 0.165 e. The van der Waals surface area contributed by atoms with E-state index in [0.717, 1.165) is 60.2 Å². The number of nitrogens with one attached hydrogen (secondary N) is 1. The molecule has 0 aliphatic carbocycles. The maximum absolute atomic E-state index is 5.45. The zero-order valence-electron chi connectivity index (χ0n) is 17.5. The molecule has 0 amide bonds. The van der Waals surface area contributed by atoms with E-state index in [1.807, 2.05) is 35.1 Å². The van der Waals surface area contributed by atoms with Crippen molar-refractivity contribution in [2.45, 2.75) is 6.54 Å². The number of rotatable bonds is 6. The lowest BCUT2D eigenvalue weighted by molar-refractivity contribution is 0.122. The summed E-state index contributed by atoms with van der Waals surface area (Å²) in [5, 5.41) is 8.05. The van der Waals surface area contributed by atoms with Crippen LogP contribution in [0.15, 0.2) is 67.0 Å². The predicted molar refractivity (Wildman–Crippen MR) is 122 cm³/mol. The summed E-state index contributed by atoms with van der Waals surface area (Å²) in [5.41, 5.74) is 5.34. The minimum atomic E-state index is 0.687. The van der Waals surface area contributed by atoms with Gasteiger partial charge in [-0.1, -0.05) is 24.3 Å². The van der Waals surface area contributed by atoms with E-state index in [0.29, 0.717) is 6.54 Å². The zero-order valence-corrected chi connectivity index (χ0v) is 17.5. The fourth-order valence-electron chi connectivity index (χ4n) is 3.84. The summed E-state index contributed by atoms with van der Waals surface area (Å²) < 4.78 is 12.5. The number of fused-ring (bicyclic) bond motifs is 1. The molecule has 0 spiro atoms. The van der Waals surface area contributed by atoms with Gasteiger partial charge in [-0.3, -0.25) is 0 Å². The van der Waals surface area contributed by atoms with E-state index in [4.69, 9.17) is 9.47 Å². The van der Waals surface area contributed by atoms with Crippen LogP contribution in [0, 0.1) is 0 Å². The van der Waals surface area contributed by atoms with Crippen LogP contribution in [0.5, 0.6) is 5.75 Å². The number of morpholine rings is 1. The van der Waals surface area contributed by atoms with E-state index >= 15 is 0 Å². The summed E-state index contributed by atoms with van der Waals surface area (Å²) >= 11 is 0. The molecular formula is C24H25N5O2. The molecule has 4 aromatic rings. The van der Waals surface area contributed by atoms with Crippen molar-refractivity contribution < 1.29 is 9.47 Å². The molecule has 1 N–H and O–H groups in total. The van der Waals surface area contributed by atoms with Crippen LogP contribution in [0.25, 0.3) is 16.8 Å². The second-order valence-corrected chi connectivity index (χ2v) is 7.47. The smallest absolute Gasteiger partial charge is 0.165 e. The van der Waals surface area contributed by atoms with Gasteiger partial charge < -0.3 is 19.7 Å². The highest BCUT2D eigenvalue weighted by atomic mass is 16.5. The molecule has 7 heteroatoms. The Balaban J connectivity index is 1.36. The third-order valence-electron chi connectivity index (χ3n) is 5.59. The van der Waals surface area contributed by atoms with Crippen molar-refractivity contribution >= 4 is 17.2 Å². The van der Waals surface area contributed by atoms with E-state index < -0.39 is 0 Å². The summed E-state index contributed by atoms with van der Waals surface area (Å²) in [5.74, 6) is 1.75. The summed E-state index contributed by atoms with van der Waals surface area (Å²) in [6.45, 7) is 4.12.